The average Bonchev–Trinajstić information content (AvgIpc) is 2.15. The van der Waals surface area contributed by atoms with Crippen molar-refractivity contribution in [1.29, 1.82) is 0 Å². The highest BCUT2D eigenvalue weighted by molar-refractivity contribution is 6.66. The maximum atomic E-state index is 12.4. The molecule has 0 amide bonds. The van der Waals surface area contributed by atoms with Gasteiger partial charge in [0.2, 0.25) is 0 Å². The van der Waals surface area contributed by atoms with E-state index in [4.69, 9.17) is 0 Å². The van der Waals surface area contributed by atoms with Gasteiger partial charge in [-0.2, -0.15) is 13.2 Å². The number of hydrogen-bond acceptors (Lipinski definition) is 1. The van der Waals surface area contributed by atoms with Crippen LogP contribution in [0.5, 0.6) is 0 Å². The van der Waals surface area contributed by atoms with E-state index in [2.05, 4.69) is 6.58 Å². The number of hydrogen-bond donors (Lipinski definition) is 0. The Morgan fingerprint density at radius 3 is 2.35 bits per heavy atom. The zero-order chi connectivity index (χ0) is 13.3. The third kappa shape index (κ3) is 4.25. The van der Waals surface area contributed by atoms with Gasteiger partial charge in [-0.05, 0) is 25.9 Å². The van der Waals surface area contributed by atoms with Crippen molar-refractivity contribution in [2.45, 2.75) is 19.0 Å². The van der Waals surface area contributed by atoms with Crippen molar-refractivity contribution >= 4 is 6.98 Å². The Labute approximate surface area is 95.5 Å². The minimum Gasteiger partial charge on any atom is -0.445 e. The third-order valence-electron chi connectivity index (χ3n) is 2.86. The Bertz CT molecular complexity index is 284. The summed E-state index contributed by atoms with van der Waals surface area (Å²) in [5.74, 6) is -1.52. The lowest BCUT2D eigenvalue weighted by molar-refractivity contribution is -0.186. The zero-order valence-corrected chi connectivity index (χ0v) is 9.11. The lowest BCUT2D eigenvalue weighted by atomic mass is 9.79. The molecule has 0 aromatic heterocycles. The summed E-state index contributed by atoms with van der Waals surface area (Å²) < 4.78 is 74.0. The summed E-state index contributed by atoms with van der Waals surface area (Å²) in [5.41, 5.74) is -0.937. The molecule has 17 heavy (non-hydrogen) atoms. The molecule has 1 aliphatic heterocycles. The van der Waals surface area contributed by atoms with Crippen molar-refractivity contribution in [1.82, 2.24) is 4.90 Å². The summed E-state index contributed by atoms with van der Waals surface area (Å²) >= 11 is 0. The molecule has 0 saturated carbocycles. The second-order valence-corrected chi connectivity index (χ2v) is 4.35. The van der Waals surface area contributed by atoms with Gasteiger partial charge < -0.3 is 17.8 Å². The van der Waals surface area contributed by atoms with Gasteiger partial charge in [-0.1, -0.05) is 0 Å². The minimum atomic E-state index is -5.16. The number of alkyl halides is 3. The highest BCUT2D eigenvalue weighted by atomic mass is 19.4. The van der Waals surface area contributed by atoms with Crippen LogP contribution in [0.4, 0.5) is 26.1 Å². The van der Waals surface area contributed by atoms with Crippen LogP contribution in [0.15, 0.2) is 12.1 Å². The standard InChI is InChI=1S/C9H13BF6N/c1-7(10(14,15)16)5-17-4-2-3-8(6-17)9(11,12)13/h8H,1-6H2/q-1. The monoisotopic (exact) mass is 260 g/mol. The smallest absolute Gasteiger partial charge is 0.445 e. The van der Waals surface area contributed by atoms with Gasteiger partial charge in [0.25, 0.3) is 0 Å². The van der Waals surface area contributed by atoms with Crippen molar-refractivity contribution in [2.24, 2.45) is 5.92 Å². The number of likely N-dealkylation sites (tertiary alicyclic amines) is 1. The Balaban J connectivity index is 2.54. The van der Waals surface area contributed by atoms with Gasteiger partial charge in [-0.25, -0.2) is 0 Å². The molecule has 1 aliphatic rings. The quantitative estimate of drug-likeness (QED) is 0.556. The molecule has 0 bridgehead atoms. The molecule has 0 aromatic carbocycles. The molecular formula is C9H13BF6N-. The van der Waals surface area contributed by atoms with Crippen molar-refractivity contribution in [3.63, 3.8) is 0 Å². The van der Waals surface area contributed by atoms with E-state index in [-0.39, 0.29) is 25.9 Å². The zero-order valence-electron chi connectivity index (χ0n) is 9.11. The average molecular weight is 260 g/mol. The first kappa shape index (κ1) is 14.4. The first-order valence-electron chi connectivity index (χ1n) is 5.27. The molecule has 1 fully saturated rings. The molecule has 0 N–H and O–H groups in total. The van der Waals surface area contributed by atoms with Gasteiger partial charge in [0, 0.05) is 6.54 Å². The van der Waals surface area contributed by atoms with E-state index in [0.29, 0.717) is 0 Å². The SMILES string of the molecule is C=C(CN1CCCC(C(F)(F)F)C1)[B-](F)(F)F. The van der Waals surface area contributed by atoms with E-state index in [1.54, 1.807) is 0 Å². The minimum absolute atomic E-state index is 0.0103. The summed E-state index contributed by atoms with van der Waals surface area (Å²) in [6, 6.07) is 0. The van der Waals surface area contributed by atoms with Crippen LogP contribution in [0.3, 0.4) is 0 Å². The fourth-order valence-electron chi connectivity index (χ4n) is 1.86. The summed E-state index contributed by atoms with van der Waals surface area (Å²) in [5, 5.41) is 0. The molecule has 1 atom stereocenters. The third-order valence-corrected chi connectivity index (χ3v) is 2.86. The Morgan fingerprint density at radius 1 is 1.29 bits per heavy atom. The first-order valence-corrected chi connectivity index (χ1v) is 5.27. The largest absolute Gasteiger partial charge is 0.506 e. The summed E-state index contributed by atoms with van der Waals surface area (Å²) in [4.78, 5) is 1.18. The Hall–Kier alpha value is -0.655. The topological polar surface area (TPSA) is 3.24 Å². The van der Waals surface area contributed by atoms with Crippen LogP contribution in [-0.4, -0.2) is 37.7 Å². The number of rotatable bonds is 3. The van der Waals surface area contributed by atoms with Gasteiger partial charge >= 0.3 is 13.2 Å². The molecule has 1 unspecified atom stereocenters. The molecule has 0 aliphatic carbocycles. The Morgan fingerprint density at radius 2 is 1.88 bits per heavy atom. The van der Waals surface area contributed by atoms with Gasteiger partial charge in [0.1, 0.15) is 0 Å². The molecule has 1 heterocycles. The van der Waals surface area contributed by atoms with E-state index < -0.39 is 31.1 Å². The van der Waals surface area contributed by atoms with Crippen LogP contribution >= 0.6 is 0 Å². The molecule has 0 radical (unpaired) electrons. The van der Waals surface area contributed by atoms with Crippen LogP contribution in [0.25, 0.3) is 0 Å². The predicted molar refractivity (Wildman–Crippen MR) is 53.4 cm³/mol. The lowest BCUT2D eigenvalue weighted by Crippen LogP contribution is -2.43. The molecule has 0 spiro atoms. The van der Waals surface area contributed by atoms with E-state index in [9.17, 15) is 26.1 Å². The predicted octanol–water partition coefficient (Wildman–Crippen LogP) is 3.20. The van der Waals surface area contributed by atoms with Crippen molar-refractivity contribution < 1.29 is 26.1 Å². The van der Waals surface area contributed by atoms with Gasteiger partial charge in [0.05, 0.1) is 5.92 Å². The molecule has 1 nitrogen and oxygen atoms in total. The summed E-state index contributed by atoms with van der Waals surface area (Å²) in [6.45, 7) is -2.90. The van der Waals surface area contributed by atoms with Crippen LogP contribution in [-0.2, 0) is 0 Å². The molecule has 100 valence electrons. The second kappa shape index (κ2) is 4.92. The second-order valence-electron chi connectivity index (χ2n) is 4.35. The van der Waals surface area contributed by atoms with E-state index in [1.807, 2.05) is 0 Å². The lowest BCUT2D eigenvalue weighted by Gasteiger charge is -2.35. The van der Waals surface area contributed by atoms with Crippen molar-refractivity contribution in [2.75, 3.05) is 19.6 Å². The Kier molecular flexibility index (Phi) is 4.17. The van der Waals surface area contributed by atoms with E-state index >= 15 is 0 Å². The molecule has 8 heteroatoms. The number of nitrogens with zero attached hydrogens (tertiary/aromatic N) is 1. The molecule has 0 aromatic rings. The normalized spacial score (nSPS) is 23.8. The van der Waals surface area contributed by atoms with Crippen LogP contribution in [0, 0.1) is 5.92 Å². The van der Waals surface area contributed by atoms with Crippen molar-refractivity contribution in [3.8, 4) is 0 Å². The van der Waals surface area contributed by atoms with Crippen LogP contribution in [0.2, 0.25) is 0 Å². The molecular weight excluding hydrogens is 247 g/mol. The van der Waals surface area contributed by atoms with Crippen molar-refractivity contribution in [3.05, 3.63) is 12.1 Å². The number of piperidine rings is 1. The highest BCUT2D eigenvalue weighted by Crippen LogP contribution is 2.33. The fourth-order valence-corrected chi connectivity index (χ4v) is 1.86. The summed E-state index contributed by atoms with van der Waals surface area (Å²) in [6.07, 6.45) is -4.07. The number of halogens is 6. The maximum absolute atomic E-state index is 12.4. The van der Waals surface area contributed by atoms with Gasteiger partial charge in [-0.15, -0.1) is 12.1 Å². The van der Waals surface area contributed by atoms with Crippen LogP contribution in [0.1, 0.15) is 12.8 Å². The van der Waals surface area contributed by atoms with E-state index in [1.165, 1.54) is 4.90 Å². The summed E-state index contributed by atoms with van der Waals surface area (Å²) in [7, 11) is 0. The maximum Gasteiger partial charge on any atom is 0.506 e. The fraction of sp³-hybridized carbons (Fsp3) is 0.778. The van der Waals surface area contributed by atoms with Gasteiger partial charge in [0.15, 0.2) is 0 Å². The highest BCUT2D eigenvalue weighted by Gasteiger charge is 2.42. The van der Waals surface area contributed by atoms with Gasteiger partial charge in [-0.3, -0.25) is 0 Å². The molecule has 1 saturated heterocycles. The first-order chi connectivity index (χ1) is 7.60. The van der Waals surface area contributed by atoms with Crippen LogP contribution < -0.4 is 0 Å². The van der Waals surface area contributed by atoms with E-state index in [0.717, 1.165) is 0 Å². The molecule has 1 rings (SSSR count).